The van der Waals surface area contributed by atoms with E-state index in [1.807, 2.05) is 14.1 Å². The third-order valence-electron chi connectivity index (χ3n) is 6.30. The molecule has 2 aliphatic heterocycles. The van der Waals surface area contributed by atoms with E-state index in [1.54, 1.807) is 41.7 Å². The molecule has 4 heterocycles. The van der Waals surface area contributed by atoms with Crippen LogP contribution in [-0.2, 0) is 29.3 Å². The maximum absolute atomic E-state index is 12.1. The molecule has 2 aromatic heterocycles. The SMILES string of the molecule is CN(C)/C=N\c1ncnn2c([C@]3(C#N)O[C@H](COC(=O)OC4CCC4)[C@H]4OC(C)(C)O[C@H]43)ccc12. The summed E-state index contributed by atoms with van der Waals surface area (Å²) in [6.07, 6.45) is 2.65. The number of hydrogen-bond donors (Lipinski definition) is 0. The molecule has 186 valence electrons. The van der Waals surface area contributed by atoms with E-state index in [-0.39, 0.29) is 12.7 Å². The fourth-order valence-electron chi connectivity index (χ4n) is 4.51. The fourth-order valence-corrected chi connectivity index (χ4v) is 4.51. The van der Waals surface area contributed by atoms with Crippen molar-refractivity contribution >= 4 is 23.8 Å². The largest absolute Gasteiger partial charge is 0.508 e. The van der Waals surface area contributed by atoms with E-state index >= 15 is 0 Å². The van der Waals surface area contributed by atoms with E-state index in [0.29, 0.717) is 17.0 Å². The van der Waals surface area contributed by atoms with Gasteiger partial charge in [0.1, 0.15) is 48.9 Å². The maximum atomic E-state index is 12.1. The van der Waals surface area contributed by atoms with Gasteiger partial charge in [0, 0.05) is 14.1 Å². The molecular formula is C23H28N6O6. The smallest absolute Gasteiger partial charge is 0.431 e. The molecule has 1 saturated carbocycles. The lowest BCUT2D eigenvalue weighted by Gasteiger charge is -2.29. The first-order chi connectivity index (χ1) is 16.7. The van der Waals surface area contributed by atoms with Gasteiger partial charge in [0.2, 0.25) is 5.60 Å². The number of aromatic nitrogens is 3. The van der Waals surface area contributed by atoms with E-state index in [1.165, 1.54) is 6.33 Å². The van der Waals surface area contributed by atoms with Crippen LogP contribution < -0.4 is 0 Å². The van der Waals surface area contributed by atoms with Crippen LogP contribution in [0.15, 0.2) is 23.5 Å². The zero-order valence-electron chi connectivity index (χ0n) is 20.1. The number of rotatable bonds is 6. The molecule has 3 aliphatic rings. The molecule has 1 aliphatic carbocycles. The number of carbonyl (C=O) groups is 1. The van der Waals surface area contributed by atoms with E-state index in [0.717, 1.165) is 19.3 Å². The molecule has 2 aromatic rings. The quantitative estimate of drug-likeness (QED) is 0.342. The van der Waals surface area contributed by atoms with Crippen LogP contribution in [0.3, 0.4) is 0 Å². The average molecular weight is 485 g/mol. The zero-order chi connectivity index (χ0) is 24.8. The Morgan fingerprint density at radius 1 is 1.34 bits per heavy atom. The molecule has 0 spiro atoms. The third kappa shape index (κ3) is 4.20. The Morgan fingerprint density at radius 2 is 2.14 bits per heavy atom. The van der Waals surface area contributed by atoms with E-state index in [4.69, 9.17) is 23.7 Å². The number of aliphatic imine (C=N–C) groups is 1. The van der Waals surface area contributed by atoms with Crippen LogP contribution in [0.2, 0.25) is 0 Å². The summed E-state index contributed by atoms with van der Waals surface area (Å²) in [5.41, 5.74) is -0.542. The summed E-state index contributed by atoms with van der Waals surface area (Å²) < 4.78 is 30.7. The molecule has 12 heteroatoms. The summed E-state index contributed by atoms with van der Waals surface area (Å²) in [5.74, 6) is -0.528. The van der Waals surface area contributed by atoms with Crippen molar-refractivity contribution in [2.24, 2.45) is 4.99 Å². The Hall–Kier alpha value is -3.27. The van der Waals surface area contributed by atoms with Crippen molar-refractivity contribution in [3.8, 4) is 6.07 Å². The van der Waals surface area contributed by atoms with Gasteiger partial charge in [0.05, 0.1) is 12.0 Å². The predicted octanol–water partition coefficient (Wildman–Crippen LogP) is 2.29. The van der Waals surface area contributed by atoms with Crippen molar-refractivity contribution in [2.45, 2.75) is 68.9 Å². The molecule has 0 radical (unpaired) electrons. The predicted molar refractivity (Wildman–Crippen MR) is 121 cm³/mol. The average Bonchev–Trinajstić information content (AvgIpc) is 3.44. The highest BCUT2D eigenvalue weighted by atomic mass is 16.8. The number of carbonyl (C=O) groups excluding carboxylic acids is 1. The van der Waals surface area contributed by atoms with Crippen LogP contribution >= 0.6 is 0 Å². The van der Waals surface area contributed by atoms with Gasteiger partial charge in [-0.05, 0) is 45.2 Å². The van der Waals surface area contributed by atoms with Crippen LogP contribution in [-0.4, -0.2) is 82.9 Å². The minimum atomic E-state index is -1.58. The van der Waals surface area contributed by atoms with Crippen LogP contribution in [0.25, 0.3) is 5.52 Å². The Bertz CT molecular complexity index is 1180. The fraction of sp³-hybridized carbons (Fsp3) is 0.609. The van der Waals surface area contributed by atoms with Crippen LogP contribution in [0.5, 0.6) is 0 Å². The van der Waals surface area contributed by atoms with Crippen molar-refractivity contribution in [2.75, 3.05) is 20.7 Å². The van der Waals surface area contributed by atoms with Crippen molar-refractivity contribution in [1.82, 2.24) is 19.5 Å². The number of nitrogens with zero attached hydrogens (tertiary/aromatic N) is 6. The van der Waals surface area contributed by atoms with Crippen molar-refractivity contribution in [3.63, 3.8) is 0 Å². The van der Waals surface area contributed by atoms with Gasteiger partial charge in [-0.15, -0.1) is 0 Å². The summed E-state index contributed by atoms with van der Waals surface area (Å²) in [6, 6.07) is 5.80. The first-order valence-corrected chi connectivity index (χ1v) is 11.5. The molecular weight excluding hydrogens is 456 g/mol. The number of hydrogen-bond acceptors (Lipinski definition) is 10. The monoisotopic (exact) mass is 484 g/mol. The highest BCUT2D eigenvalue weighted by Gasteiger charge is 2.65. The molecule has 2 saturated heterocycles. The molecule has 35 heavy (non-hydrogen) atoms. The van der Waals surface area contributed by atoms with Crippen molar-refractivity contribution in [1.29, 1.82) is 5.26 Å². The summed E-state index contributed by atoms with van der Waals surface area (Å²) in [7, 11) is 3.71. The van der Waals surface area contributed by atoms with Crippen molar-refractivity contribution < 1.29 is 28.5 Å². The Morgan fingerprint density at radius 3 is 2.83 bits per heavy atom. The van der Waals surface area contributed by atoms with Gasteiger partial charge in [-0.25, -0.2) is 19.3 Å². The summed E-state index contributed by atoms with van der Waals surface area (Å²) >= 11 is 0. The first kappa shape index (κ1) is 23.5. The van der Waals surface area contributed by atoms with E-state index < -0.39 is 35.9 Å². The summed E-state index contributed by atoms with van der Waals surface area (Å²) in [5, 5.41) is 14.8. The molecule has 0 N–H and O–H groups in total. The normalized spacial score (nSPS) is 29.6. The lowest BCUT2D eigenvalue weighted by atomic mass is 9.92. The Kier molecular flexibility index (Phi) is 5.86. The Balaban J connectivity index is 1.46. The lowest BCUT2D eigenvalue weighted by Crippen LogP contribution is -2.40. The van der Waals surface area contributed by atoms with Crippen LogP contribution in [0, 0.1) is 11.3 Å². The number of nitriles is 1. The second-order valence-corrected chi connectivity index (χ2v) is 9.56. The standard InChI is InChI=1S/C23H28N6O6/c1-22(2)34-18-16(10-31-21(30)32-14-6-5-7-14)33-23(11-24,19(18)35-22)17-9-8-15-20(26-13-28(3)4)25-12-27-29(15)17/h8-9,12-14,16,18-19H,5-7,10H2,1-4H3/b26-13-/t16-,18-,19-,23+/m1/s1. The maximum Gasteiger partial charge on any atom is 0.508 e. The van der Waals surface area contributed by atoms with Gasteiger partial charge in [0.15, 0.2) is 11.6 Å². The molecule has 3 fully saturated rings. The number of ether oxygens (including phenoxy) is 5. The minimum Gasteiger partial charge on any atom is -0.431 e. The van der Waals surface area contributed by atoms with Gasteiger partial charge in [-0.3, -0.25) is 0 Å². The molecule has 5 rings (SSSR count). The second-order valence-electron chi connectivity index (χ2n) is 9.56. The minimum absolute atomic E-state index is 0.0981. The zero-order valence-corrected chi connectivity index (χ0v) is 20.1. The van der Waals surface area contributed by atoms with Crippen molar-refractivity contribution in [3.05, 3.63) is 24.2 Å². The molecule has 12 nitrogen and oxygen atoms in total. The molecule has 0 amide bonds. The summed E-state index contributed by atoms with van der Waals surface area (Å²) in [6.45, 7) is 3.39. The lowest BCUT2D eigenvalue weighted by molar-refractivity contribution is -0.205. The van der Waals surface area contributed by atoms with Gasteiger partial charge < -0.3 is 28.6 Å². The number of fused-ring (bicyclic) bond motifs is 2. The molecule has 0 aromatic carbocycles. The Labute approximate surface area is 202 Å². The van der Waals surface area contributed by atoms with E-state index in [2.05, 4.69) is 21.1 Å². The van der Waals surface area contributed by atoms with Gasteiger partial charge in [-0.1, -0.05) is 0 Å². The van der Waals surface area contributed by atoms with Gasteiger partial charge in [0.25, 0.3) is 0 Å². The first-order valence-electron chi connectivity index (χ1n) is 11.5. The second kappa shape index (κ2) is 8.75. The van der Waals surface area contributed by atoms with Gasteiger partial charge in [-0.2, -0.15) is 10.4 Å². The third-order valence-corrected chi connectivity index (χ3v) is 6.30. The topological polar surface area (TPSA) is 133 Å². The molecule has 4 atom stereocenters. The molecule has 0 bridgehead atoms. The molecule has 0 unspecified atom stereocenters. The highest BCUT2D eigenvalue weighted by molar-refractivity contribution is 5.71. The van der Waals surface area contributed by atoms with Crippen LogP contribution in [0.1, 0.15) is 38.8 Å². The highest BCUT2D eigenvalue weighted by Crippen LogP contribution is 2.49. The summed E-state index contributed by atoms with van der Waals surface area (Å²) in [4.78, 5) is 22.6. The van der Waals surface area contributed by atoms with Gasteiger partial charge >= 0.3 is 6.16 Å². The van der Waals surface area contributed by atoms with Crippen LogP contribution in [0.4, 0.5) is 10.6 Å². The van der Waals surface area contributed by atoms with E-state index in [9.17, 15) is 10.1 Å².